The van der Waals surface area contributed by atoms with Crippen molar-refractivity contribution in [3.8, 4) is 0 Å². The van der Waals surface area contributed by atoms with Crippen LogP contribution < -0.4 is 0 Å². The van der Waals surface area contributed by atoms with Crippen LogP contribution in [0.2, 0.25) is 0 Å². The Balaban J connectivity index is 1.47. The van der Waals surface area contributed by atoms with Gasteiger partial charge in [0.05, 0.1) is 17.9 Å². The SMILES string of the molecule is CC1(C)O[C@@H]2C[C@H]3[C@@H]4CCC5=Cc6n[nH]cc6C[C@]5(C)[C@@]4(F)[C@@H](O)C[C@]3(C)[C@]2(C(=O)CO)O1. The van der Waals surface area contributed by atoms with Gasteiger partial charge < -0.3 is 19.7 Å². The van der Waals surface area contributed by atoms with Gasteiger partial charge in [0.2, 0.25) is 0 Å². The number of nitrogens with one attached hydrogen (secondary N) is 1. The quantitative estimate of drug-likeness (QED) is 0.627. The van der Waals surface area contributed by atoms with Gasteiger partial charge in [0.25, 0.3) is 0 Å². The number of alkyl halides is 1. The van der Waals surface area contributed by atoms with Crippen LogP contribution in [-0.2, 0) is 20.7 Å². The van der Waals surface area contributed by atoms with E-state index in [0.29, 0.717) is 19.3 Å². The molecule has 7 nitrogen and oxygen atoms in total. The van der Waals surface area contributed by atoms with Crippen molar-refractivity contribution in [2.45, 2.75) is 89.1 Å². The molecular weight excluding hydrogens is 427 g/mol. The standard InChI is InChI=1S/C25H33FN2O5/c1-21(2)32-20-8-16-15-6-5-14-7-17-13(11-27-28-17)9-22(14,3)24(15,26)18(30)10-23(16,4)25(20,33-21)19(31)12-29/h7,11,15-16,18,20,29-30H,5-6,8-10,12H2,1-4H3,(H,27,28)/t15-,16-,18-,20+,22-,23-,24-,25+/m0/s1. The number of aromatic nitrogens is 2. The third-order valence-electron chi connectivity index (χ3n) is 9.99. The van der Waals surface area contributed by atoms with Crippen molar-refractivity contribution in [3.63, 3.8) is 0 Å². The second-order valence-electron chi connectivity index (χ2n) is 11.8. The minimum absolute atomic E-state index is 0.0768. The Bertz CT molecular complexity index is 1070. The van der Waals surface area contributed by atoms with Crippen molar-refractivity contribution in [3.05, 3.63) is 23.0 Å². The van der Waals surface area contributed by atoms with Crippen LogP contribution in [-0.4, -0.2) is 62.1 Å². The number of carbonyl (C=O) groups excluding carboxylic acids is 1. The summed E-state index contributed by atoms with van der Waals surface area (Å²) < 4.78 is 30.1. The molecule has 1 aliphatic heterocycles. The molecule has 0 bridgehead atoms. The number of ether oxygens (including phenoxy) is 2. The topological polar surface area (TPSA) is 105 Å². The molecule has 1 saturated heterocycles. The monoisotopic (exact) mass is 460 g/mol. The zero-order valence-electron chi connectivity index (χ0n) is 19.7. The number of Topliss-reactive ketones (excluding diaryl/α,β-unsaturated/α-hetero) is 1. The molecule has 1 aromatic heterocycles. The van der Waals surface area contributed by atoms with Gasteiger partial charge in [0.1, 0.15) is 12.3 Å². The first-order valence-electron chi connectivity index (χ1n) is 12.1. The van der Waals surface area contributed by atoms with Crippen LogP contribution in [0.4, 0.5) is 4.39 Å². The summed E-state index contributed by atoms with van der Waals surface area (Å²) >= 11 is 0. The highest BCUT2D eigenvalue weighted by molar-refractivity contribution is 5.91. The Morgan fingerprint density at radius 3 is 2.79 bits per heavy atom. The smallest absolute Gasteiger partial charge is 0.193 e. The molecule has 6 rings (SSSR count). The highest BCUT2D eigenvalue weighted by Crippen LogP contribution is 2.72. The second kappa shape index (κ2) is 6.33. The Labute approximate surface area is 192 Å². The van der Waals surface area contributed by atoms with Crippen molar-refractivity contribution in [2.75, 3.05) is 6.61 Å². The number of halogens is 1. The van der Waals surface area contributed by atoms with Crippen molar-refractivity contribution in [2.24, 2.45) is 22.7 Å². The summed E-state index contributed by atoms with van der Waals surface area (Å²) in [7, 11) is 0. The first kappa shape index (κ1) is 21.9. The number of fused-ring (bicyclic) bond motifs is 8. The van der Waals surface area contributed by atoms with E-state index in [0.717, 1.165) is 23.3 Å². The molecule has 180 valence electrons. The lowest BCUT2D eigenvalue weighted by molar-refractivity contribution is -0.250. The van der Waals surface area contributed by atoms with E-state index < -0.39 is 58.4 Å². The largest absolute Gasteiger partial charge is 0.390 e. The fourth-order valence-electron chi connectivity index (χ4n) is 8.68. The summed E-state index contributed by atoms with van der Waals surface area (Å²) in [5.74, 6) is -2.10. The molecule has 0 spiro atoms. The number of nitrogens with zero attached hydrogens (tertiary/aromatic N) is 1. The third-order valence-corrected chi connectivity index (χ3v) is 9.99. The second-order valence-corrected chi connectivity index (χ2v) is 11.8. The molecule has 4 aliphatic carbocycles. The van der Waals surface area contributed by atoms with Crippen LogP contribution in [0.3, 0.4) is 0 Å². The van der Waals surface area contributed by atoms with E-state index in [-0.39, 0.29) is 12.3 Å². The van der Waals surface area contributed by atoms with Crippen LogP contribution >= 0.6 is 0 Å². The maximum absolute atomic E-state index is 17.5. The van der Waals surface area contributed by atoms with Crippen LogP contribution in [0, 0.1) is 22.7 Å². The van der Waals surface area contributed by atoms with Gasteiger partial charge >= 0.3 is 0 Å². The number of ketones is 1. The third kappa shape index (κ3) is 2.34. The van der Waals surface area contributed by atoms with E-state index in [2.05, 4.69) is 10.2 Å². The first-order valence-corrected chi connectivity index (χ1v) is 12.1. The number of rotatable bonds is 2. The molecular formula is C25H33FN2O5. The van der Waals surface area contributed by atoms with E-state index in [1.165, 1.54) is 0 Å². The summed E-state index contributed by atoms with van der Waals surface area (Å²) in [6.45, 7) is 6.72. The minimum Gasteiger partial charge on any atom is -0.390 e. The molecule has 2 heterocycles. The zero-order chi connectivity index (χ0) is 23.6. The number of aliphatic hydroxyl groups excluding tert-OH is 2. The van der Waals surface area contributed by atoms with Crippen molar-refractivity contribution >= 4 is 11.9 Å². The molecule has 5 aliphatic rings. The van der Waals surface area contributed by atoms with E-state index >= 15 is 4.39 Å². The van der Waals surface area contributed by atoms with Crippen molar-refractivity contribution < 1.29 is 28.9 Å². The van der Waals surface area contributed by atoms with Gasteiger partial charge in [-0.3, -0.25) is 9.89 Å². The average molecular weight is 461 g/mol. The van der Waals surface area contributed by atoms with E-state index in [1.807, 2.05) is 26.1 Å². The molecule has 4 fully saturated rings. The highest BCUT2D eigenvalue weighted by atomic mass is 19.1. The number of hydrogen-bond donors (Lipinski definition) is 3. The van der Waals surface area contributed by atoms with Gasteiger partial charge in [-0.05, 0) is 63.5 Å². The molecule has 0 aromatic carbocycles. The van der Waals surface area contributed by atoms with Crippen LogP contribution in [0.1, 0.15) is 64.6 Å². The van der Waals surface area contributed by atoms with E-state index in [1.54, 1.807) is 13.8 Å². The number of aliphatic hydroxyl groups is 2. The van der Waals surface area contributed by atoms with Gasteiger partial charge in [0, 0.05) is 22.9 Å². The van der Waals surface area contributed by atoms with E-state index in [4.69, 9.17) is 9.47 Å². The number of hydrogen-bond acceptors (Lipinski definition) is 6. The summed E-state index contributed by atoms with van der Waals surface area (Å²) in [4.78, 5) is 13.3. The lowest BCUT2D eigenvalue weighted by Crippen LogP contribution is -2.70. The molecule has 3 saturated carbocycles. The predicted molar refractivity (Wildman–Crippen MR) is 117 cm³/mol. The zero-order valence-corrected chi connectivity index (χ0v) is 19.7. The van der Waals surface area contributed by atoms with Crippen molar-refractivity contribution in [1.82, 2.24) is 10.2 Å². The molecule has 3 N–H and O–H groups in total. The predicted octanol–water partition coefficient (Wildman–Crippen LogP) is 2.72. The van der Waals surface area contributed by atoms with Gasteiger partial charge in [-0.15, -0.1) is 0 Å². The summed E-state index contributed by atoms with van der Waals surface area (Å²) in [5, 5.41) is 28.7. The molecule has 8 atom stereocenters. The fourth-order valence-corrected chi connectivity index (χ4v) is 8.68. The van der Waals surface area contributed by atoms with Gasteiger partial charge in [-0.2, -0.15) is 5.10 Å². The minimum atomic E-state index is -1.85. The maximum atomic E-state index is 17.5. The average Bonchev–Trinajstić information content (AvgIpc) is 3.36. The Kier molecular flexibility index (Phi) is 4.20. The van der Waals surface area contributed by atoms with Gasteiger partial charge in [-0.25, -0.2) is 4.39 Å². The molecule has 0 amide bonds. The summed E-state index contributed by atoms with van der Waals surface area (Å²) in [6, 6.07) is 0. The molecule has 8 heteroatoms. The number of carbonyl (C=O) groups is 1. The fraction of sp³-hybridized carbons (Fsp3) is 0.760. The molecule has 33 heavy (non-hydrogen) atoms. The van der Waals surface area contributed by atoms with Crippen molar-refractivity contribution in [1.29, 1.82) is 0 Å². The van der Waals surface area contributed by atoms with E-state index in [9.17, 15) is 15.0 Å². The lowest BCUT2D eigenvalue weighted by Gasteiger charge is -2.63. The number of aromatic amines is 1. The maximum Gasteiger partial charge on any atom is 0.193 e. The van der Waals surface area contributed by atoms with Crippen LogP contribution in [0.5, 0.6) is 0 Å². The Hall–Kier alpha value is -1.61. The number of allylic oxidation sites excluding steroid dienone is 1. The summed E-state index contributed by atoms with van der Waals surface area (Å²) in [6.07, 6.45) is 4.28. The van der Waals surface area contributed by atoms with Crippen LogP contribution in [0.15, 0.2) is 11.8 Å². The Morgan fingerprint density at radius 1 is 1.30 bits per heavy atom. The molecule has 0 unspecified atom stereocenters. The number of H-pyrrole nitrogens is 1. The molecule has 1 aromatic rings. The molecule has 0 radical (unpaired) electrons. The first-order chi connectivity index (χ1) is 15.4. The van der Waals surface area contributed by atoms with Crippen LogP contribution in [0.25, 0.3) is 6.08 Å². The van der Waals surface area contributed by atoms with Gasteiger partial charge in [-0.1, -0.05) is 19.4 Å². The highest BCUT2D eigenvalue weighted by Gasteiger charge is 2.80. The lowest BCUT2D eigenvalue weighted by atomic mass is 9.43. The summed E-state index contributed by atoms with van der Waals surface area (Å²) in [5.41, 5.74) is -2.14. The Morgan fingerprint density at radius 2 is 2.06 bits per heavy atom. The normalized spacial score (nSPS) is 49.4. The van der Waals surface area contributed by atoms with Gasteiger partial charge in [0.15, 0.2) is 17.2 Å².